The lowest BCUT2D eigenvalue weighted by atomic mass is 10.1. The van der Waals surface area contributed by atoms with E-state index in [2.05, 4.69) is 67.2 Å². The lowest BCUT2D eigenvalue weighted by Gasteiger charge is -2.15. The zero-order valence-electron chi connectivity index (χ0n) is 18.9. The molecule has 0 amide bonds. The van der Waals surface area contributed by atoms with Crippen LogP contribution in [0, 0.1) is 13.8 Å². The van der Waals surface area contributed by atoms with Crippen LogP contribution in [0.4, 0.5) is 5.13 Å². The van der Waals surface area contributed by atoms with E-state index >= 15 is 0 Å². The summed E-state index contributed by atoms with van der Waals surface area (Å²) in [6.45, 7) is 10.5. The summed E-state index contributed by atoms with van der Waals surface area (Å²) in [6.07, 6.45) is 0. The highest BCUT2D eigenvalue weighted by atomic mass is 32.1. The fraction of sp³-hybridized carbons (Fsp3) is 0.280. The number of aryl methyl sites for hydroxylation is 1. The van der Waals surface area contributed by atoms with Crippen molar-refractivity contribution in [2.75, 3.05) is 5.32 Å². The fourth-order valence-electron chi connectivity index (χ4n) is 3.69. The Hall–Kier alpha value is -3.12. The molecule has 2 aromatic carbocycles. The van der Waals surface area contributed by atoms with Gasteiger partial charge < -0.3 is 0 Å². The standard InChI is InChI=1S/C25H28N4OS/c1-17-12-14-19(15-13-17)21-16-31-24(26-25(3,4)5)28(21)22-18(2)27(6)29(23(22)30)20-10-8-7-9-11-20/h7-16H,1-6H3/p+1. The summed E-state index contributed by atoms with van der Waals surface area (Å²) in [4.78, 5) is 13.8. The first-order chi connectivity index (χ1) is 14.7. The average Bonchev–Trinajstić information content (AvgIpc) is 3.20. The van der Waals surface area contributed by atoms with Gasteiger partial charge in [-0.25, -0.2) is 4.68 Å². The van der Waals surface area contributed by atoms with Crippen molar-refractivity contribution < 1.29 is 4.57 Å². The number of hydrogen-bond donors (Lipinski definition) is 1. The van der Waals surface area contributed by atoms with Crippen molar-refractivity contribution >= 4 is 16.5 Å². The maximum absolute atomic E-state index is 13.8. The first-order valence-electron chi connectivity index (χ1n) is 10.4. The van der Waals surface area contributed by atoms with Crippen LogP contribution in [0.3, 0.4) is 0 Å². The monoisotopic (exact) mass is 433 g/mol. The van der Waals surface area contributed by atoms with Crippen LogP contribution < -0.4 is 15.4 Å². The number of anilines is 1. The minimum atomic E-state index is -0.141. The van der Waals surface area contributed by atoms with E-state index in [1.807, 2.05) is 49.0 Å². The van der Waals surface area contributed by atoms with Crippen molar-refractivity contribution in [3.05, 3.63) is 81.6 Å². The van der Waals surface area contributed by atoms with Gasteiger partial charge in [-0.05, 0) is 46.8 Å². The van der Waals surface area contributed by atoms with Crippen LogP contribution in [0.15, 0.2) is 64.8 Å². The van der Waals surface area contributed by atoms with Gasteiger partial charge in [0.15, 0.2) is 5.69 Å². The number of hydrogen-bond acceptors (Lipinski definition) is 3. The molecule has 1 N–H and O–H groups in total. The van der Waals surface area contributed by atoms with E-state index in [4.69, 9.17) is 0 Å². The van der Waals surface area contributed by atoms with Gasteiger partial charge in [-0.15, -0.1) is 0 Å². The van der Waals surface area contributed by atoms with Gasteiger partial charge in [-0.2, -0.15) is 4.57 Å². The van der Waals surface area contributed by atoms with E-state index in [1.165, 1.54) is 5.56 Å². The number of aromatic nitrogens is 3. The molecule has 4 aromatic rings. The third kappa shape index (κ3) is 3.95. The summed E-state index contributed by atoms with van der Waals surface area (Å²) < 4.78 is 5.74. The maximum Gasteiger partial charge on any atom is 0.340 e. The molecular weight excluding hydrogens is 404 g/mol. The summed E-state index contributed by atoms with van der Waals surface area (Å²) in [5.74, 6) is 0. The first kappa shape index (κ1) is 21.1. The van der Waals surface area contributed by atoms with Crippen LogP contribution in [-0.4, -0.2) is 14.9 Å². The van der Waals surface area contributed by atoms with Gasteiger partial charge in [-0.1, -0.05) is 59.4 Å². The van der Waals surface area contributed by atoms with Gasteiger partial charge >= 0.3 is 10.7 Å². The molecule has 0 atom stereocenters. The molecule has 0 unspecified atom stereocenters. The van der Waals surface area contributed by atoms with Gasteiger partial charge in [0.2, 0.25) is 5.69 Å². The number of benzene rings is 2. The van der Waals surface area contributed by atoms with Crippen molar-refractivity contribution in [2.24, 2.45) is 7.05 Å². The van der Waals surface area contributed by atoms with Crippen molar-refractivity contribution in [3.63, 3.8) is 0 Å². The minimum Gasteiger partial charge on any atom is -0.281 e. The smallest absolute Gasteiger partial charge is 0.281 e. The molecule has 0 radical (unpaired) electrons. The predicted molar refractivity (Wildman–Crippen MR) is 129 cm³/mol. The average molecular weight is 434 g/mol. The Labute approximate surface area is 187 Å². The SMILES string of the molecule is Cc1ccc(-c2csc(NC(C)(C)C)[n+]2-c2c(C)n(C)n(-c3ccccc3)c2=O)cc1. The Morgan fingerprint density at radius 1 is 0.968 bits per heavy atom. The largest absolute Gasteiger partial charge is 0.340 e. The van der Waals surface area contributed by atoms with E-state index in [0.29, 0.717) is 5.69 Å². The van der Waals surface area contributed by atoms with E-state index in [1.54, 1.807) is 16.0 Å². The second-order valence-corrected chi connectivity index (χ2v) is 9.77. The molecule has 4 rings (SSSR count). The van der Waals surface area contributed by atoms with Crippen LogP contribution in [0.2, 0.25) is 0 Å². The lowest BCUT2D eigenvalue weighted by Crippen LogP contribution is -2.42. The van der Waals surface area contributed by atoms with Crippen molar-refractivity contribution in [3.8, 4) is 22.6 Å². The molecule has 160 valence electrons. The van der Waals surface area contributed by atoms with Crippen LogP contribution in [0.25, 0.3) is 22.6 Å². The molecule has 0 saturated heterocycles. The lowest BCUT2D eigenvalue weighted by molar-refractivity contribution is -0.565. The minimum absolute atomic E-state index is 0.0417. The molecule has 6 heteroatoms. The maximum atomic E-state index is 13.8. The molecule has 0 spiro atoms. The zero-order valence-corrected chi connectivity index (χ0v) is 19.7. The van der Waals surface area contributed by atoms with Crippen LogP contribution in [-0.2, 0) is 7.05 Å². The van der Waals surface area contributed by atoms with Crippen LogP contribution in [0.1, 0.15) is 32.0 Å². The van der Waals surface area contributed by atoms with E-state index in [9.17, 15) is 4.79 Å². The topological polar surface area (TPSA) is 42.8 Å². The quantitative estimate of drug-likeness (QED) is 0.460. The predicted octanol–water partition coefficient (Wildman–Crippen LogP) is 5.01. The van der Waals surface area contributed by atoms with E-state index < -0.39 is 0 Å². The molecule has 0 bridgehead atoms. The highest BCUT2D eigenvalue weighted by molar-refractivity contribution is 7.13. The van der Waals surface area contributed by atoms with Crippen LogP contribution in [0.5, 0.6) is 0 Å². The third-order valence-corrected chi connectivity index (χ3v) is 6.15. The molecule has 0 fully saturated rings. The molecule has 0 aliphatic rings. The Morgan fingerprint density at radius 2 is 1.61 bits per heavy atom. The summed E-state index contributed by atoms with van der Waals surface area (Å²) in [7, 11) is 1.93. The van der Waals surface area contributed by atoms with Gasteiger partial charge in [-0.3, -0.25) is 14.8 Å². The highest BCUT2D eigenvalue weighted by Crippen LogP contribution is 2.28. The fourth-order valence-corrected chi connectivity index (χ4v) is 4.81. The first-order valence-corrected chi connectivity index (χ1v) is 11.3. The van der Waals surface area contributed by atoms with E-state index in [0.717, 1.165) is 27.8 Å². The van der Waals surface area contributed by atoms with Gasteiger partial charge in [0, 0.05) is 18.0 Å². The van der Waals surface area contributed by atoms with Gasteiger partial charge in [0.05, 0.1) is 16.9 Å². The molecular formula is C25H29N4OS+. The number of nitrogens with one attached hydrogen (secondary N) is 1. The normalized spacial score (nSPS) is 11.7. The van der Waals surface area contributed by atoms with E-state index in [-0.39, 0.29) is 11.1 Å². The third-order valence-electron chi connectivity index (χ3n) is 5.30. The van der Waals surface area contributed by atoms with Crippen molar-refractivity contribution in [2.45, 2.75) is 40.2 Å². The number of rotatable bonds is 4. The molecule has 31 heavy (non-hydrogen) atoms. The van der Waals surface area contributed by atoms with Crippen LogP contribution >= 0.6 is 11.3 Å². The molecule has 2 aromatic heterocycles. The number of nitrogens with zero attached hydrogens (tertiary/aromatic N) is 3. The summed E-state index contributed by atoms with van der Waals surface area (Å²) in [6, 6.07) is 18.2. The number of thiazole rings is 1. The summed E-state index contributed by atoms with van der Waals surface area (Å²) in [5.41, 5.74) is 5.53. The summed E-state index contributed by atoms with van der Waals surface area (Å²) >= 11 is 1.62. The second kappa shape index (κ2) is 7.85. The Kier molecular flexibility index (Phi) is 5.35. The molecule has 2 heterocycles. The zero-order chi connectivity index (χ0) is 22.3. The van der Waals surface area contributed by atoms with Crippen molar-refractivity contribution in [1.29, 1.82) is 0 Å². The summed E-state index contributed by atoms with van der Waals surface area (Å²) in [5, 5.41) is 6.66. The van der Waals surface area contributed by atoms with Gasteiger partial charge in [0.25, 0.3) is 0 Å². The molecule has 0 aliphatic heterocycles. The number of para-hydroxylation sites is 1. The van der Waals surface area contributed by atoms with Crippen molar-refractivity contribution in [1.82, 2.24) is 9.36 Å². The molecule has 0 aliphatic carbocycles. The Morgan fingerprint density at radius 3 is 2.23 bits per heavy atom. The molecule has 5 nitrogen and oxygen atoms in total. The van der Waals surface area contributed by atoms with Gasteiger partial charge in [0.1, 0.15) is 0 Å². The molecule has 0 saturated carbocycles. The Balaban J connectivity index is 2.00. The Bertz CT molecular complexity index is 1270. The highest BCUT2D eigenvalue weighted by Gasteiger charge is 2.31. The second-order valence-electron chi connectivity index (χ2n) is 8.91.